The molecule has 1 N–H and O–H groups in total. The number of alkyl halides is 6. The molecule has 418 valence electrons. The van der Waals surface area contributed by atoms with Crippen LogP contribution < -0.4 is 9.47 Å². The van der Waals surface area contributed by atoms with Crippen molar-refractivity contribution in [1.29, 1.82) is 0 Å². The second kappa shape index (κ2) is 24.9. The van der Waals surface area contributed by atoms with E-state index in [1.54, 1.807) is 88.9 Å². The molecule has 0 saturated heterocycles. The van der Waals surface area contributed by atoms with Gasteiger partial charge in [-0.15, -0.1) is 0 Å². The fourth-order valence-electron chi connectivity index (χ4n) is 6.89. The summed E-state index contributed by atoms with van der Waals surface area (Å²) in [5, 5.41) is 9.24. The standard InChI is InChI=1S/C27H35F3N4O4Si.C26H33F3N4O4Si/c1-18-12-23(38-16-26(2,3)25(35)36-4)32-14-20(18)19-8-9-21(31-13-19)24-33-22(27(28,29)30)15-34(24)17-37-10-11-39(5,6)7;1-17-11-22(37-15-25(2,3)24(34)35)31-13-19(17)18-7-8-20(30-12-18)23-32-21(26(27,28)29)14-33(23)16-36-9-10-38(4,5)6/h8-9,12-15H,10-11,16-17H2,1-7H3;7-8,11-14H,9-10,15-16H2,1-6H3,(H,34,35). The van der Waals surface area contributed by atoms with Crippen LogP contribution in [0.5, 0.6) is 11.8 Å². The summed E-state index contributed by atoms with van der Waals surface area (Å²) in [6.45, 7) is 24.4. The van der Waals surface area contributed by atoms with Crippen LogP contribution in [-0.2, 0) is 49.6 Å². The van der Waals surface area contributed by atoms with E-state index in [1.165, 1.54) is 16.2 Å². The first kappa shape index (κ1) is 61.3. The highest BCUT2D eigenvalue weighted by atomic mass is 28.3. The second-order valence-corrected chi connectivity index (χ2v) is 33.5. The Morgan fingerprint density at radius 1 is 0.597 bits per heavy atom. The lowest BCUT2D eigenvalue weighted by Crippen LogP contribution is -2.32. The number of carboxylic acids is 1. The number of carbonyl (C=O) groups excluding carboxylic acids is 1. The van der Waals surface area contributed by atoms with Gasteiger partial charge in [-0.3, -0.25) is 19.6 Å². The molecule has 6 rings (SSSR count). The maximum Gasteiger partial charge on any atom is 0.434 e. The number of aryl methyl sites for hydroxylation is 2. The van der Waals surface area contributed by atoms with Crippen molar-refractivity contribution >= 4 is 28.1 Å². The number of carbonyl (C=O) groups is 2. The number of nitrogens with zero attached hydrogens (tertiary/aromatic N) is 8. The lowest BCUT2D eigenvalue weighted by atomic mass is 9.95. The number of esters is 1. The first-order valence-electron chi connectivity index (χ1n) is 24.6. The number of carboxylic acid groups (broad SMARTS) is 1. The van der Waals surface area contributed by atoms with Gasteiger partial charge in [0.25, 0.3) is 0 Å². The number of imidazole rings is 2. The minimum absolute atomic E-state index is 0.0429. The Balaban J connectivity index is 0.000000284. The number of hydrogen-bond acceptors (Lipinski definition) is 13. The van der Waals surface area contributed by atoms with Crippen LogP contribution in [0.1, 0.15) is 50.2 Å². The van der Waals surface area contributed by atoms with Crippen molar-refractivity contribution in [3.8, 4) is 57.1 Å². The van der Waals surface area contributed by atoms with E-state index in [2.05, 4.69) is 69.2 Å². The highest BCUT2D eigenvalue weighted by Gasteiger charge is 2.37. The average molecular weight is 1120 g/mol. The third kappa shape index (κ3) is 17.8. The van der Waals surface area contributed by atoms with Gasteiger partial charge in [-0.05, 0) is 76.9 Å². The van der Waals surface area contributed by atoms with Crippen LogP contribution in [0.25, 0.3) is 45.3 Å². The Labute approximate surface area is 446 Å². The minimum atomic E-state index is -4.59. The maximum absolute atomic E-state index is 13.4. The fourth-order valence-corrected chi connectivity index (χ4v) is 8.41. The van der Waals surface area contributed by atoms with Crippen LogP contribution in [0.2, 0.25) is 51.4 Å². The minimum Gasteiger partial charge on any atom is -0.481 e. The monoisotopic (exact) mass is 1110 g/mol. The lowest BCUT2D eigenvalue weighted by Gasteiger charge is -2.21. The van der Waals surface area contributed by atoms with Gasteiger partial charge < -0.3 is 37.9 Å². The molecule has 0 spiro atoms. The first-order valence-corrected chi connectivity index (χ1v) is 32.0. The summed E-state index contributed by atoms with van der Waals surface area (Å²) < 4.78 is 110. The molecule has 0 aliphatic carbocycles. The van der Waals surface area contributed by atoms with Gasteiger partial charge in [0.2, 0.25) is 11.8 Å². The second-order valence-electron chi connectivity index (χ2n) is 22.2. The van der Waals surface area contributed by atoms with Crippen LogP contribution in [0.15, 0.2) is 73.6 Å². The van der Waals surface area contributed by atoms with Gasteiger partial charge in [-0.2, -0.15) is 26.3 Å². The van der Waals surface area contributed by atoms with E-state index in [1.807, 2.05) is 13.8 Å². The topological polar surface area (TPSA) is 188 Å². The summed E-state index contributed by atoms with van der Waals surface area (Å²) in [5.74, 6) is -0.568. The number of rotatable bonds is 22. The quantitative estimate of drug-likeness (QED) is 0.0293. The van der Waals surface area contributed by atoms with Gasteiger partial charge in [0.15, 0.2) is 23.0 Å². The van der Waals surface area contributed by atoms with Gasteiger partial charge in [-0.1, -0.05) is 51.4 Å². The summed E-state index contributed by atoms with van der Waals surface area (Å²) in [5.41, 5.74) is 1.30. The number of pyridine rings is 4. The molecule has 24 heteroatoms. The summed E-state index contributed by atoms with van der Waals surface area (Å²) in [4.78, 5) is 48.1. The Morgan fingerprint density at radius 2 is 0.987 bits per heavy atom. The van der Waals surface area contributed by atoms with Crippen molar-refractivity contribution in [2.24, 2.45) is 10.8 Å². The van der Waals surface area contributed by atoms with Crippen LogP contribution in [0, 0.1) is 24.7 Å². The number of hydrogen-bond donors (Lipinski definition) is 1. The average Bonchev–Trinajstić information content (AvgIpc) is 3.99. The predicted octanol–water partition coefficient (Wildman–Crippen LogP) is 12.4. The molecule has 0 aliphatic heterocycles. The lowest BCUT2D eigenvalue weighted by molar-refractivity contribution is -0.152. The molecule has 0 amide bonds. The number of ether oxygens (including phenoxy) is 5. The third-order valence-corrected chi connectivity index (χ3v) is 15.3. The van der Waals surface area contributed by atoms with E-state index in [4.69, 9.17) is 23.7 Å². The molecule has 0 unspecified atom stereocenters. The molecule has 0 aliphatic rings. The normalized spacial score (nSPS) is 12.5. The smallest absolute Gasteiger partial charge is 0.434 e. The summed E-state index contributed by atoms with van der Waals surface area (Å²) in [6, 6.07) is 12.0. The molecule has 6 heterocycles. The number of aliphatic carboxylic acids is 1. The van der Waals surface area contributed by atoms with Crippen molar-refractivity contribution in [3.05, 3.63) is 96.1 Å². The van der Waals surface area contributed by atoms with E-state index in [0.717, 1.165) is 52.3 Å². The highest BCUT2D eigenvalue weighted by molar-refractivity contribution is 6.76. The zero-order chi connectivity index (χ0) is 57.3. The van der Waals surface area contributed by atoms with Gasteiger partial charge in [-0.25, -0.2) is 19.9 Å². The van der Waals surface area contributed by atoms with Gasteiger partial charge in [0, 0.05) is 101 Å². The van der Waals surface area contributed by atoms with Gasteiger partial charge in [0.05, 0.1) is 17.9 Å². The molecule has 0 atom stereocenters. The molecule has 77 heavy (non-hydrogen) atoms. The number of aromatic nitrogens is 8. The zero-order valence-corrected chi connectivity index (χ0v) is 47.7. The van der Waals surface area contributed by atoms with Crippen LogP contribution in [0.4, 0.5) is 26.3 Å². The van der Waals surface area contributed by atoms with Crippen LogP contribution in [-0.4, -0.2) is 106 Å². The van der Waals surface area contributed by atoms with E-state index in [-0.39, 0.29) is 50.0 Å². The molecule has 0 bridgehead atoms. The Hall–Kier alpha value is -6.51. The molecule has 0 aromatic carbocycles. The van der Waals surface area contributed by atoms with Crippen molar-refractivity contribution in [2.75, 3.05) is 33.5 Å². The molecule has 16 nitrogen and oxygen atoms in total. The van der Waals surface area contributed by atoms with E-state index in [0.29, 0.717) is 36.2 Å². The molecular formula is C53H68F6N8O8Si2. The van der Waals surface area contributed by atoms with Gasteiger partial charge in [0.1, 0.15) is 38.1 Å². The van der Waals surface area contributed by atoms with Crippen molar-refractivity contribution in [1.82, 2.24) is 39.0 Å². The highest BCUT2D eigenvalue weighted by Crippen LogP contribution is 2.34. The Kier molecular flexibility index (Phi) is 19.8. The molecular weight excluding hydrogens is 1050 g/mol. The van der Waals surface area contributed by atoms with E-state index in [9.17, 15) is 41.0 Å². The summed E-state index contributed by atoms with van der Waals surface area (Å²) in [6.07, 6.45) is -0.955. The van der Waals surface area contributed by atoms with Crippen LogP contribution in [0.3, 0.4) is 0 Å². The van der Waals surface area contributed by atoms with Crippen molar-refractivity contribution in [2.45, 2.75) is 119 Å². The molecule has 0 radical (unpaired) electrons. The number of halogens is 6. The van der Waals surface area contributed by atoms with E-state index >= 15 is 0 Å². The molecule has 0 saturated carbocycles. The van der Waals surface area contributed by atoms with Crippen molar-refractivity contribution < 1.29 is 64.7 Å². The molecule has 6 aromatic heterocycles. The third-order valence-electron chi connectivity index (χ3n) is 11.8. The van der Waals surface area contributed by atoms with Gasteiger partial charge >= 0.3 is 24.3 Å². The SMILES string of the molecule is COC(=O)C(C)(C)COc1cc(C)c(-c2ccc(-c3nc(C(F)(F)F)cn3COCC[Si](C)(C)C)nc2)cn1.Cc1cc(OCC(C)(C)C(=O)O)ncc1-c1ccc(-c2nc(C(F)(F)F)cn2COCC[Si](C)(C)C)nc1. The van der Waals surface area contributed by atoms with E-state index < -0.39 is 56.7 Å². The fraction of sp³-hybridized carbons (Fsp3) is 0.472. The molecule has 0 fully saturated rings. The summed E-state index contributed by atoms with van der Waals surface area (Å²) >= 11 is 0. The predicted molar refractivity (Wildman–Crippen MR) is 283 cm³/mol. The first-order chi connectivity index (χ1) is 35.7. The zero-order valence-electron chi connectivity index (χ0n) is 45.7. The van der Waals surface area contributed by atoms with Crippen LogP contribution >= 0.6 is 0 Å². The molecule has 6 aromatic rings. The maximum atomic E-state index is 13.4. The Bertz CT molecular complexity index is 2950. The largest absolute Gasteiger partial charge is 0.481 e. The summed E-state index contributed by atoms with van der Waals surface area (Å²) in [7, 11) is -1.35. The number of methoxy groups -OCH3 is 1. The Morgan fingerprint density at radius 3 is 1.30 bits per heavy atom. The van der Waals surface area contributed by atoms with Crippen molar-refractivity contribution in [3.63, 3.8) is 0 Å².